The minimum atomic E-state index is 0.783. The summed E-state index contributed by atoms with van der Waals surface area (Å²) in [5.74, 6) is 0.783. The maximum absolute atomic E-state index is 4.40. The molecule has 0 fully saturated rings. The summed E-state index contributed by atoms with van der Waals surface area (Å²) in [6.07, 6.45) is 3.73. The van der Waals surface area contributed by atoms with Gasteiger partial charge in [-0.25, -0.2) is 9.97 Å². The maximum Gasteiger partial charge on any atom is 0.225 e. The minimum Gasteiger partial charge on any atom is -0.337 e. The Kier molecular flexibility index (Phi) is 4.70. The summed E-state index contributed by atoms with van der Waals surface area (Å²) in [6, 6.07) is 10.4. The van der Waals surface area contributed by atoms with E-state index in [4.69, 9.17) is 0 Å². The highest BCUT2D eigenvalue weighted by atomic mass is 79.9. The topological polar surface area (TPSA) is 29.0 Å². The van der Waals surface area contributed by atoms with Gasteiger partial charge in [0.2, 0.25) is 5.95 Å². The van der Waals surface area contributed by atoms with Crippen LogP contribution < -0.4 is 4.90 Å². The molecule has 0 spiro atoms. The fourth-order valence-corrected chi connectivity index (χ4v) is 2.00. The van der Waals surface area contributed by atoms with Crippen LogP contribution in [0.25, 0.3) is 0 Å². The number of halogens is 1. The van der Waals surface area contributed by atoms with Crippen LogP contribution in [0, 0.1) is 0 Å². The molecule has 1 heterocycles. The molecule has 0 aliphatic rings. The number of anilines is 1. The molecule has 0 N–H and O–H groups in total. The lowest BCUT2D eigenvalue weighted by Gasteiger charge is -2.20. The average molecular weight is 306 g/mol. The molecule has 1 aromatic heterocycles. The number of rotatable bonds is 5. The standard InChI is InChI=1S/C14H16BrN3/c1-2-18(11-12-6-4-3-5-7-12)14-16-9-13(8-15)10-17-14/h3-7,9-10H,2,8,11H2,1H3. The van der Waals surface area contributed by atoms with Gasteiger partial charge in [-0.05, 0) is 18.1 Å². The summed E-state index contributed by atoms with van der Waals surface area (Å²) in [5, 5.41) is 0.790. The zero-order valence-electron chi connectivity index (χ0n) is 10.4. The first-order chi connectivity index (χ1) is 8.83. The number of alkyl halides is 1. The quantitative estimate of drug-likeness (QED) is 0.793. The van der Waals surface area contributed by atoms with Gasteiger partial charge in [0.1, 0.15) is 0 Å². The third-order valence-corrected chi connectivity index (χ3v) is 3.37. The van der Waals surface area contributed by atoms with Gasteiger partial charge in [-0.15, -0.1) is 0 Å². The predicted molar refractivity (Wildman–Crippen MR) is 77.8 cm³/mol. The van der Waals surface area contributed by atoms with Crippen molar-refractivity contribution in [3.05, 3.63) is 53.9 Å². The summed E-state index contributed by atoms with van der Waals surface area (Å²) in [6.45, 7) is 3.85. The van der Waals surface area contributed by atoms with Gasteiger partial charge in [-0.3, -0.25) is 0 Å². The van der Waals surface area contributed by atoms with Gasteiger partial charge in [-0.1, -0.05) is 46.3 Å². The Morgan fingerprint density at radius 1 is 1.06 bits per heavy atom. The van der Waals surface area contributed by atoms with Crippen molar-refractivity contribution in [2.45, 2.75) is 18.8 Å². The van der Waals surface area contributed by atoms with E-state index < -0.39 is 0 Å². The molecule has 0 bridgehead atoms. The lowest BCUT2D eigenvalue weighted by Crippen LogP contribution is -2.24. The van der Waals surface area contributed by atoms with E-state index in [1.165, 1.54) is 5.56 Å². The second kappa shape index (κ2) is 6.50. The monoisotopic (exact) mass is 305 g/mol. The number of benzene rings is 1. The first-order valence-electron chi connectivity index (χ1n) is 5.99. The second-order valence-electron chi connectivity index (χ2n) is 4.02. The van der Waals surface area contributed by atoms with Crippen LogP contribution in [0.5, 0.6) is 0 Å². The zero-order valence-corrected chi connectivity index (χ0v) is 12.0. The third kappa shape index (κ3) is 3.29. The van der Waals surface area contributed by atoms with Crippen molar-refractivity contribution in [3.63, 3.8) is 0 Å². The summed E-state index contributed by atoms with van der Waals surface area (Å²) in [4.78, 5) is 11.0. The Morgan fingerprint density at radius 3 is 2.28 bits per heavy atom. The van der Waals surface area contributed by atoms with E-state index in [1.54, 1.807) is 0 Å². The van der Waals surface area contributed by atoms with Gasteiger partial charge in [0.05, 0.1) is 0 Å². The van der Waals surface area contributed by atoms with E-state index in [0.717, 1.165) is 29.9 Å². The molecule has 94 valence electrons. The Labute approximate surface area is 116 Å². The lowest BCUT2D eigenvalue weighted by molar-refractivity contribution is 0.789. The van der Waals surface area contributed by atoms with Crippen LogP contribution >= 0.6 is 15.9 Å². The first-order valence-corrected chi connectivity index (χ1v) is 7.11. The number of aromatic nitrogens is 2. The Morgan fingerprint density at radius 2 is 1.72 bits per heavy atom. The van der Waals surface area contributed by atoms with Crippen molar-refractivity contribution < 1.29 is 0 Å². The molecule has 0 atom stereocenters. The van der Waals surface area contributed by atoms with Gasteiger partial charge < -0.3 is 4.90 Å². The molecule has 3 nitrogen and oxygen atoms in total. The van der Waals surface area contributed by atoms with Crippen molar-refractivity contribution in [2.75, 3.05) is 11.4 Å². The summed E-state index contributed by atoms with van der Waals surface area (Å²) in [7, 11) is 0. The molecule has 0 aliphatic carbocycles. The van der Waals surface area contributed by atoms with Crippen LogP contribution in [-0.4, -0.2) is 16.5 Å². The van der Waals surface area contributed by atoms with Crippen LogP contribution in [0.2, 0.25) is 0 Å². The van der Waals surface area contributed by atoms with E-state index in [0.29, 0.717) is 0 Å². The largest absolute Gasteiger partial charge is 0.337 e. The van der Waals surface area contributed by atoms with Crippen LogP contribution in [0.15, 0.2) is 42.7 Å². The summed E-state index contributed by atoms with van der Waals surface area (Å²) >= 11 is 3.40. The Hall–Kier alpha value is -1.42. The molecular weight excluding hydrogens is 290 g/mol. The van der Waals surface area contributed by atoms with E-state index in [9.17, 15) is 0 Å². The first kappa shape index (κ1) is 13.0. The van der Waals surface area contributed by atoms with Crippen LogP contribution in [0.3, 0.4) is 0 Å². The molecule has 0 unspecified atom stereocenters. The average Bonchev–Trinajstić information content (AvgIpc) is 2.46. The predicted octanol–water partition coefficient (Wildman–Crippen LogP) is 3.40. The van der Waals surface area contributed by atoms with E-state index in [2.05, 4.69) is 62.0 Å². The molecular formula is C14H16BrN3. The van der Waals surface area contributed by atoms with Crippen LogP contribution in [-0.2, 0) is 11.9 Å². The highest BCUT2D eigenvalue weighted by molar-refractivity contribution is 9.08. The van der Waals surface area contributed by atoms with Gasteiger partial charge in [0.25, 0.3) is 0 Å². The van der Waals surface area contributed by atoms with E-state index in [1.807, 2.05) is 18.5 Å². The van der Waals surface area contributed by atoms with Gasteiger partial charge in [-0.2, -0.15) is 0 Å². The highest BCUT2D eigenvalue weighted by Crippen LogP contribution is 2.12. The van der Waals surface area contributed by atoms with Gasteiger partial charge in [0, 0.05) is 30.8 Å². The van der Waals surface area contributed by atoms with Crippen molar-refractivity contribution in [3.8, 4) is 0 Å². The fraction of sp³-hybridized carbons (Fsp3) is 0.286. The van der Waals surface area contributed by atoms with Crippen molar-refractivity contribution >= 4 is 21.9 Å². The molecule has 2 rings (SSSR count). The smallest absolute Gasteiger partial charge is 0.225 e. The van der Waals surface area contributed by atoms with Crippen molar-refractivity contribution in [1.82, 2.24) is 9.97 Å². The highest BCUT2D eigenvalue weighted by Gasteiger charge is 2.07. The molecule has 0 saturated heterocycles. The van der Waals surface area contributed by atoms with Gasteiger partial charge >= 0.3 is 0 Å². The molecule has 0 saturated carbocycles. The number of hydrogen-bond donors (Lipinski definition) is 0. The molecule has 1 aromatic carbocycles. The molecule has 18 heavy (non-hydrogen) atoms. The normalized spacial score (nSPS) is 10.3. The summed E-state index contributed by atoms with van der Waals surface area (Å²) < 4.78 is 0. The van der Waals surface area contributed by atoms with E-state index >= 15 is 0 Å². The molecule has 2 aromatic rings. The van der Waals surface area contributed by atoms with Gasteiger partial charge in [0.15, 0.2) is 0 Å². The SMILES string of the molecule is CCN(Cc1ccccc1)c1ncc(CBr)cn1. The fourth-order valence-electron chi connectivity index (χ4n) is 1.71. The van der Waals surface area contributed by atoms with E-state index in [-0.39, 0.29) is 0 Å². The number of hydrogen-bond acceptors (Lipinski definition) is 3. The Balaban J connectivity index is 2.12. The molecule has 0 radical (unpaired) electrons. The Bertz CT molecular complexity index is 470. The van der Waals surface area contributed by atoms with Crippen LogP contribution in [0.1, 0.15) is 18.1 Å². The lowest BCUT2D eigenvalue weighted by atomic mass is 10.2. The second-order valence-corrected chi connectivity index (χ2v) is 4.59. The molecule has 0 amide bonds. The molecule has 0 aliphatic heterocycles. The maximum atomic E-state index is 4.40. The zero-order chi connectivity index (χ0) is 12.8. The third-order valence-electron chi connectivity index (χ3n) is 2.73. The van der Waals surface area contributed by atoms with Crippen molar-refractivity contribution in [2.24, 2.45) is 0 Å². The van der Waals surface area contributed by atoms with Crippen molar-refractivity contribution in [1.29, 1.82) is 0 Å². The summed E-state index contributed by atoms with van der Waals surface area (Å²) in [5.41, 5.74) is 2.36. The molecule has 4 heteroatoms. The number of nitrogens with zero attached hydrogens (tertiary/aromatic N) is 3. The van der Waals surface area contributed by atoms with Crippen LogP contribution in [0.4, 0.5) is 5.95 Å². The minimum absolute atomic E-state index is 0.783.